The summed E-state index contributed by atoms with van der Waals surface area (Å²) >= 11 is 0. The van der Waals surface area contributed by atoms with Crippen LogP contribution >= 0.6 is 0 Å². The van der Waals surface area contributed by atoms with Crippen molar-refractivity contribution in [1.82, 2.24) is 9.97 Å². The monoisotopic (exact) mass is 412 g/mol. The zero-order valence-electron chi connectivity index (χ0n) is 16.0. The van der Waals surface area contributed by atoms with E-state index in [0.29, 0.717) is 5.69 Å². The molecule has 3 aromatic rings. The number of urea groups is 1. The van der Waals surface area contributed by atoms with E-state index in [1.54, 1.807) is 0 Å². The summed E-state index contributed by atoms with van der Waals surface area (Å²) in [5, 5.41) is 4.61. The predicted octanol–water partition coefficient (Wildman–Crippen LogP) is 5.69. The fourth-order valence-corrected chi connectivity index (χ4v) is 3.54. The summed E-state index contributed by atoms with van der Waals surface area (Å²) in [4.78, 5) is 20.6. The van der Waals surface area contributed by atoms with E-state index in [1.165, 1.54) is 54.6 Å². The standard InChI is InChI=1S/C22H19F3N4O/c23-22(24,25)17-7-3-4-8-18(17)28-21(30)29-20-13-26-19(12-27-20)16-10-9-14-5-1-2-6-15(14)11-16/h3-4,7-13H,1-2,5-6H2,(H2,27,28,29,30). The van der Waals surface area contributed by atoms with Crippen LogP contribution in [0.15, 0.2) is 54.9 Å². The van der Waals surface area contributed by atoms with Gasteiger partial charge in [0.1, 0.15) is 0 Å². The number of nitrogens with zero attached hydrogens (tertiary/aromatic N) is 2. The molecule has 0 atom stereocenters. The van der Waals surface area contributed by atoms with Crippen LogP contribution < -0.4 is 10.6 Å². The SMILES string of the molecule is O=C(Nc1cnc(-c2ccc3c(c2)CCCC3)cn1)Nc1ccccc1C(F)(F)F. The first-order valence-electron chi connectivity index (χ1n) is 9.58. The van der Waals surface area contributed by atoms with E-state index in [0.717, 1.165) is 24.5 Å². The molecular formula is C22H19F3N4O. The highest BCUT2D eigenvalue weighted by Gasteiger charge is 2.33. The van der Waals surface area contributed by atoms with Gasteiger partial charge in [-0.15, -0.1) is 0 Å². The van der Waals surface area contributed by atoms with Crippen molar-refractivity contribution >= 4 is 17.5 Å². The average molecular weight is 412 g/mol. The average Bonchev–Trinajstić information content (AvgIpc) is 2.73. The lowest BCUT2D eigenvalue weighted by Crippen LogP contribution is -2.22. The molecule has 0 bridgehead atoms. The van der Waals surface area contributed by atoms with Gasteiger partial charge in [0.15, 0.2) is 5.82 Å². The quantitative estimate of drug-likeness (QED) is 0.581. The minimum absolute atomic E-state index is 0.138. The summed E-state index contributed by atoms with van der Waals surface area (Å²) in [5.41, 5.74) is 3.04. The number of benzene rings is 2. The van der Waals surface area contributed by atoms with Crippen molar-refractivity contribution in [2.75, 3.05) is 10.6 Å². The first-order valence-corrected chi connectivity index (χ1v) is 9.58. The summed E-state index contributed by atoms with van der Waals surface area (Å²) in [5.74, 6) is 0.138. The molecular weight excluding hydrogens is 393 g/mol. The first kappa shape index (κ1) is 19.9. The van der Waals surface area contributed by atoms with Gasteiger partial charge in [0.25, 0.3) is 0 Å². The molecule has 1 aliphatic rings. The van der Waals surface area contributed by atoms with E-state index in [-0.39, 0.29) is 11.5 Å². The summed E-state index contributed by atoms with van der Waals surface area (Å²) in [6.45, 7) is 0. The molecule has 1 heterocycles. The molecule has 1 aliphatic carbocycles. The Morgan fingerprint density at radius 2 is 1.67 bits per heavy atom. The maximum Gasteiger partial charge on any atom is 0.418 e. The van der Waals surface area contributed by atoms with Gasteiger partial charge < -0.3 is 5.32 Å². The normalized spacial score (nSPS) is 13.4. The molecule has 0 fully saturated rings. The molecule has 0 spiro atoms. The van der Waals surface area contributed by atoms with Crippen molar-refractivity contribution < 1.29 is 18.0 Å². The van der Waals surface area contributed by atoms with Crippen molar-refractivity contribution in [2.24, 2.45) is 0 Å². The summed E-state index contributed by atoms with van der Waals surface area (Å²) in [6, 6.07) is 10.2. The maximum atomic E-state index is 13.0. The fourth-order valence-electron chi connectivity index (χ4n) is 3.54. The molecule has 154 valence electrons. The van der Waals surface area contributed by atoms with Crippen molar-refractivity contribution in [3.8, 4) is 11.3 Å². The molecule has 8 heteroatoms. The topological polar surface area (TPSA) is 66.9 Å². The van der Waals surface area contributed by atoms with Gasteiger partial charge in [0, 0.05) is 5.56 Å². The third kappa shape index (κ3) is 4.42. The van der Waals surface area contributed by atoms with Crippen LogP contribution in [0.25, 0.3) is 11.3 Å². The smallest absolute Gasteiger partial charge is 0.307 e. The van der Waals surface area contributed by atoms with E-state index in [9.17, 15) is 18.0 Å². The van der Waals surface area contributed by atoms with Crippen molar-refractivity contribution in [3.05, 3.63) is 71.5 Å². The molecule has 2 aromatic carbocycles. The highest BCUT2D eigenvalue weighted by molar-refractivity contribution is 5.99. The van der Waals surface area contributed by atoms with E-state index in [2.05, 4.69) is 32.7 Å². The van der Waals surface area contributed by atoms with Crippen LogP contribution in [0.2, 0.25) is 0 Å². The molecule has 0 radical (unpaired) electrons. The van der Waals surface area contributed by atoms with Crippen LogP contribution in [0.1, 0.15) is 29.5 Å². The molecule has 1 aromatic heterocycles. The molecule has 2 N–H and O–H groups in total. The number of para-hydroxylation sites is 1. The number of halogens is 3. The van der Waals surface area contributed by atoms with Crippen LogP contribution in [0.4, 0.5) is 29.5 Å². The number of carbonyl (C=O) groups is 1. The van der Waals surface area contributed by atoms with Gasteiger partial charge in [0.05, 0.1) is 29.3 Å². The Labute approximate surface area is 171 Å². The second-order valence-electron chi connectivity index (χ2n) is 7.10. The Morgan fingerprint density at radius 3 is 2.40 bits per heavy atom. The number of alkyl halides is 3. The van der Waals surface area contributed by atoms with Crippen LogP contribution in [-0.2, 0) is 19.0 Å². The number of hydrogen-bond acceptors (Lipinski definition) is 3. The molecule has 5 nitrogen and oxygen atoms in total. The number of hydrogen-bond donors (Lipinski definition) is 2. The largest absolute Gasteiger partial charge is 0.418 e. The van der Waals surface area contributed by atoms with Crippen LogP contribution in [-0.4, -0.2) is 16.0 Å². The Balaban J connectivity index is 1.45. The Bertz CT molecular complexity index is 1060. The Morgan fingerprint density at radius 1 is 0.900 bits per heavy atom. The summed E-state index contributed by atoms with van der Waals surface area (Å²) in [6.07, 6.45) is 2.88. The van der Waals surface area contributed by atoms with Crippen molar-refractivity contribution in [1.29, 1.82) is 0 Å². The van der Waals surface area contributed by atoms with Crippen LogP contribution in [0, 0.1) is 0 Å². The van der Waals surface area contributed by atoms with E-state index >= 15 is 0 Å². The van der Waals surface area contributed by atoms with Crippen molar-refractivity contribution in [2.45, 2.75) is 31.9 Å². The molecule has 2 amide bonds. The molecule has 0 aliphatic heterocycles. The van der Waals surface area contributed by atoms with Gasteiger partial charge in [-0.2, -0.15) is 13.2 Å². The van der Waals surface area contributed by atoms with Crippen molar-refractivity contribution in [3.63, 3.8) is 0 Å². The molecule has 0 saturated carbocycles. The number of rotatable bonds is 3. The highest BCUT2D eigenvalue weighted by atomic mass is 19.4. The lowest BCUT2D eigenvalue weighted by Gasteiger charge is -2.16. The van der Waals surface area contributed by atoms with Gasteiger partial charge in [-0.3, -0.25) is 10.3 Å². The van der Waals surface area contributed by atoms with E-state index in [4.69, 9.17) is 0 Å². The highest BCUT2D eigenvalue weighted by Crippen LogP contribution is 2.34. The maximum absolute atomic E-state index is 13.0. The third-order valence-corrected chi connectivity index (χ3v) is 5.02. The van der Waals surface area contributed by atoms with E-state index in [1.807, 2.05) is 6.07 Å². The Kier molecular flexibility index (Phi) is 5.39. The number of anilines is 2. The predicted molar refractivity (Wildman–Crippen MR) is 108 cm³/mol. The zero-order chi connectivity index (χ0) is 21.1. The van der Waals surface area contributed by atoms with Gasteiger partial charge >= 0.3 is 12.2 Å². The van der Waals surface area contributed by atoms with Gasteiger partial charge in [-0.1, -0.05) is 24.3 Å². The van der Waals surface area contributed by atoms with Crippen LogP contribution in [0.3, 0.4) is 0 Å². The second kappa shape index (κ2) is 8.14. The minimum atomic E-state index is -4.57. The summed E-state index contributed by atoms with van der Waals surface area (Å²) in [7, 11) is 0. The summed E-state index contributed by atoms with van der Waals surface area (Å²) < 4.78 is 39.1. The number of fused-ring (bicyclic) bond motifs is 1. The number of aromatic nitrogens is 2. The second-order valence-corrected chi connectivity index (χ2v) is 7.10. The fraction of sp³-hybridized carbons (Fsp3) is 0.227. The first-order chi connectivity index (χ1) is 14.4. The van der Waals surface area contributed by atoms with Crippen LogP contribution in [0.5, 0.6) is 0 Å². The van der Waals surface area contributed by atoms with Gasteiger partial charge in [0.2, 0.25) is 0 Å². The molecule has 0 unspecified atom stereocenters. The lowest BCUT2D eigenvalue weighted by atomic mass is 9.90. The Hall–Kier alpha value is -3.42. The number of aryl methyl sites for hydroxylation is 2. The lowest BCUT2D eigenvalue weighted by molar-refractivity contribution is -0.136. The van der Waals surface area contributed by atoms with E-state index < -0.39 is 17.8 Å². The molecule has 4 rings (SSSR count). The minimum Gasteiger partial charge on any atom is -0.307 e. The molecule has 0 saturated heterocycles. The molecule has 30 heavy (non-hydrogen) atoms. The number of amides is 2. The number of carbonyl (C=O) groups excluding carboxylic acids is 1. The number of nitrogens with one attached hydrogen (secondary N) is 2. The zero-order valence-corrected chi connectivity index (χ0v) is 16.0. The third-order valence-electron chi connectivity index (χ3n) is 5.02. The van der Waals surface area contributed by atoms with Gasteiger partial charge in [-0.25, -0.2) is 9.78 Å². The van der Waals surface area contributed by atoms with Gasteiger partial charge in [-0.05, 0) is 55.0 Å².